The van der Waals surface area contributed by atoms with Crippen LogP contribution in [-0.2, 0) is 6.54 Å². The van der Waals surface area contributed by atoms with Gasteiger partial charge in [0.2, 0.25) is 5.89 Å². The zero-order valence-electron chi connectivity index (χ0n) is 10.4. The van der Waals surface area contributed by atoms with E-state index in [0.29, 0.717) is 12.6 Å². The SMILES string of the molecule is c1ccc2c(-c3cnc(CNC4CC4)o3)coc2c1. The fourth-order valence-corrected chi connectivity index (χ4v) is 2.20. The number of para-hydroxylation sites is 1. The van der Waals surface area contributed by atoms with Gasteiger partial charge in [-0.1, -0.05) is 18.2 Å². The van der Waals surface area contributed by atoms with E-state index in [4.69, 9.17) is 8.83 Å². The van der Waals surface area contributed by atoms with Crippen molar-refractivity contribution in [2.24, 2.45) is 0 Å². The number of oxazole rings is 1. The summed E-state index contributed by atoms with van der Waals surface area (Å²) in [4.78, 5) is 4.31. The normalized spacial score (nSPS) is 15.2. The number of nitrogens with one attached hydrogen (secondary N) is 1. The first-order valence-corrected chi connectivity index (χ1v) is 6.55. The van der Waals surface area contributed by atoms with Crippen molar-refractivity contribution in [1.29, 1.82) is 0 Å². The molecule has 0 amide bonds. The smallest absolute Gasteiger partial charge is 0.208 e. The Morgan fingerprint density at radius 3 is 3.05 bits per heavy atom. The number of hydrogen-bond acceptors (Lipinski definition) is 4. The molecular formula is C15H14N2O2. The standard InChI is InChI=1S/C15H14N2O2/c1-2-4-13-11(3-1)12(9-18-13)14-7-17-15(19-14)8-16-10-5-6-10/h1-4,7,9-10,16H,5-6,8H2. The van der Waals surface area contributed by atoms with E-state index >= 15 is 0 Å². The van der Waals surface area contributed by atoms with Crippen LogP contribution in [0.4, 0.5) is 0 Å². The van der Waals surface area contributed by atoms with Crippen LogP contribution in [0.25, 0.3) is 22.3 Å². The molecule has 4 rings (SSSR count). The average Bonchev–Trinajstić information content (AvgIpc) is 3.00. The number of rotatable bonds is 4. The summed E-state index contributed by atoms with van der Waals surface area (Å²) in [5.74, 6) is 1.49. The third-order valence-corrected chi connectivity index (χ3v) is 3.42. The molecular weight excluding hydrogens is 240 g/mol. The maximum Gasteiger partial charge on any atom is 0.208 e. The Bertz CT molecular complexity index is 710. The van der Waals surface area contributed by atoms with Crippen LogP contribution in [0.5, 0.6) is 0 Å². The first-order chi connectivity index (χ1) is 9.40. The molecule has 1 N–H and O–H groups in total. The van der Waals surface area contributed by atoms with E-state index in [-0.39, 0.29) is 0 Å². The molecule has 0 radical (unpaired) electrons. The summed E-state index contributed by atoms with van der Waals surface area (Å²) >= 11 is 0. The van der Waals surface area contributed by atoms with Gasteiger partial charge < -0.3 is 14.2 Å². The Morgan fingerprint density at radius 1 is 1.26 bits per heavy atom. The van der Waals surface area contributed by atoms with E-state index in [2.05, 4.69) is 10.3 Å². The molecule has 1 aromatic carbocycles. The highest BCUT2D eigenvalue weighted by Crippen LogP contribution is 2.30. The van der Waals surface area contributed by atoms with Crippen LogP contribution in [0.1, 0.15) is 18.7 Å². The first-order valence-electron chi connectivity index (χ1n) is 6.55. The van der Waals surface area contributed by atoms with Gasteiger partial charge in [0.25, 0.3) is 0 Å². The van der Waals surface area contributed by atoms with Gasteiger partial charge in [-0.05, 0) is 18.9 Å². The van der Waals surface area contributed by atoms with Gasteiger partial charge in [0, 0.05) is 11.4 Å². The quantitative estimate of drug-likeness (QED) is 0.775. The molecule has 2 aromatic heterocycles. The molecule has 3 aromatic rings. The van der Waals surface area contributed by atoms with Gasteiger partial charge in [-0.2, -0.15) is 0 Å². The average molecular weight is 254 g/mol. The Labute approximate surface area is 110 Å². The number of nitrogens with zero attached hydrogens (tertiary/aromatic N) is 1. The lowest BCUT2D eigenvalue weighted by atomic mass is 10.1. The van der Waals surface area contributed by atoms with E-state index in [1.54, 1.807) is 12.5 Å². The molecule has 0 unspecified atom stereocenters. The summed E-state index contributed by atoms with van der Waals surface area (Å²) in [6.07, 6.45) is 6.02. The van der Waals surface area contributed by atoms with Crippen molar-refractivity contribution < 1.29 is 8.83 Å². The number of hydrogen-bond donors (Lipinski definition) is 1. The number of furan rings is 1. The molecule has 0 atom stereocenters. The van der Waals surface area contributed by atoms with Crippen molar-refractivity contribution in [3.8, 4) is 11.3 Å². The molecule has 96 valence electrons. The lowest BCUT2D eigenvalue weighted by Gasteiger charge is -1.96. The van der Waals surface area contributed by atoms with Crippen molar-refractivity contribution in [3.05, 3.63) is 42.6 Å². The zero-order valence-corrected chi connectivity index (χ0v) is 10.4. The largest absolute Gasteiger partial charge is 0.464 e. The molecule has 19 heavy (non-hydrogen) atoms. The minimum Gasteiger partial charge on any atom is -0.464 e. The minimum atomic E-state index is 0.658. The third-order valence-electron chi connectivity index (χ3n) is 3.42. The lowest BCUT2D eigenvalue weighted by Crippen LogP contribution is -2.15. The second kappa shape index (κ2) is 4.24. The number of fused-ring (bicyclic) bond motifs is 1. The Hall–Kier alpha value is -2.07. The summed E-state index contributed by atoms with van der Waals surface area (Å²) in [6.45, 7) is 0.695. The number of aromatic nitrogens is 1. The van der Waals surface area contributed by atoms with Crippen LogP contribution in [0, 0.1) is 0 Å². The molecule has 0 aliphatic heterocycles. The topological polar surface area (TPSA) is 51.2 Å². The van der Waals surface area contributed by atoms with Crippen LogP contribution in [0.2, 0.25) is 0 Å². The second-order valence-electron chi connectivity index (χ2n) is 4.92. The molecule has 4 nitrogen and oxygen atoms in total. The summed E-state index contributed by atoms with van der Waals surface area (Å²) < 4.78 is 11.3. The van der Waals surface area contributed by atoms with E-state index in [1.807, 2.05) is 24.3 Å². The molecule has 1 aliphatic carbocycles. The van der Waals surface area contributed by atoms with E-state index in [9.17, 15) is 0 Å². The summed E-state index contributed by atoms with van der Waals surface area (Å²) in [5.41, 5.74) is 1.83. The Balaban J connectivity index is 1.64. The van der Waals surface area contributed by atoms with Gasteiger partial charge in [-0.25, -0.2) is 4.98 Å². The van der Waals surface area contributed by atoms with Gasteiger partial charge in [0.15, 0.2) is 5.76 Å². The second-order valence-corrected chi connectivity index (χ2v) is 4.92. The molecule has 2 heterocycles. The van der Waals surface area contributed by atoms with Crippen LogP contribution in [0.3, 0.4) is 0 Å². The van der Waals surface area contributed by atoms with Crippen molar-refractivity contribution in [2.45, 2.75) is 25.4 Å². The highest BCUT2D eigenvalue weighted by Gasteiger charge is 2.21. The van der Waals surface area contributed by atoms with Crippen molar-refractivity contribution in [1.82, 2.24) is 10.3 Å². The molecule has 1 saturated carbocycles. The maximum atomic E-state index is 5.78. The van der Waals surface area contributed by atoms with Gasteiger partial charge in [-0.3, -0.25) is 0 Å². The van der Waals surface area contributed by atoms with Crippen LogP contribution < -0.4 is 5.32 Å². The minimum absolute atomic E-state index is 0.658. The lowest BCUT2D eigenvalue weighted by molar-refractivity contribution is 0.476. The third kappa shape index (κ3) is 2.04. The van der Waals surface area contributed by atoms with E-state index in [1.165, 1.54) is 12.8 Å². The van der Waals surface area contributed by atoms with Gasteiger partial charge in [-0.15, -0.1) is 0 Å². The molecule has 0 saturated heterocycles. The molecule has 0 spiro atoms. The van der Waals surface area contributed by atoms with Crippen molar-refractivity contribution >= 4 is 11.0 Å². The Kier molecular flexibility index (Phi) is 2.42. The van der Waals surface area contributed by atoms with Crippen LogP contribution in [0.15, 0.2) is 45.6 Å². The fraction of sp³-hybridized carbons (Fsp3) is 0.267. The summed E-state index contributed by atoms with van der Waals surface area (Å²) in [7, 11) is 0. The summed E-state index contributed by atoms with van der Waals surface area (Å²) in [5, 5.41) is 4.44. The van der Waals surface area contributed by atoms with Gasteiger partial charge >= 0.3 is 0 Å². The first kappa shape index (κ1) is 10.8. The molecule has 0 bridgehead atoms. The van der Waals surface area contributed by atoms with E-state index < -0.39 is 0 Å². The monoisotopic (exact) mass is 254 g/mol. The van der Waals surface area contributed by atoms with Crippen LogP contribution >= 0.6 is 0 Å². The highest BCUT2D eigenvalue weighted by atomic mass is 16.4. The highest BCUT2D eigenvalue weighted by molar-refractivity contribution is 5.92. The zero-order chi connectivity index (χ0) is 12.7. The van der Waals surface area contributed by atoms with Gasteiger partial charge in [0.05, 0.1) is 18.3 Å². The predicted octanol–water partition coefficient (Wildman–Crippen LogP) is 3.34. The van der Waals surface area contributed by atoms with Gasteiger partial charge in [0.1, 0.15) is 11.8 Å². The van der Waals surface area contributed by atoms with Crippen molar-refractivity contribution in [3.63, 3.8) is 0 Å². The molecule has 4 heteroatoms. The molecule has 1 aliphatic rings. The Morgan fingerprint density at radius 2 is 2.16 bits per heavy atom. The van der Waals surface area contributed by atoms with Crippen LogP contribution in [-0.4, -0.2) is 11.0 Å². The fourth-order valence-electron chi connectivity index (χ4n) is 2.20. The van der Waals surface area contributed by atoms with Crippen molar-refractivity contribution in [2.75, 3.05) is 0 Å². The predicted molar refractivity (Wildman–Crippen MR) is 71.6 cm³/mol. The van der Waals surface area contributed by atoms with E-state index in [0.717, 1.165) is 28.2 Å². The maximum absolute atomic E-state index is 5.78. The summed E-state index contributed by atoms with van der Waals surface area (Å²) in [6, 6.07) is 8.59. The number of benzene rings is 1. The molecule has 1 fully saturated rings.